The number of amides is 2. The number of esters is 1. The van der Waals surface area contributed by atoms with Gasteiger partial charge in [0.15, 0.2) is 0 Å². The number of carbonyl (C=O) groups excluding carboxylic acids is 3. The van der Waals surface area contributed by atoms with Crippen LogP contribution in [-0.2, 0) is 19.1 Å². The lowest BCUT2D eigenvalue weighted by Crippen LogP contribution is -2.42. The number of nitro groups is 1. The van der Waals surface area contributed by atoms with E-state index >= 15 is 0 Å². The molecule has 1 saturated heterocycles. The van der Waals surface area contributed by atoms with Crippen molar-refractivity contribution in [2.45, 2.75) is 32.1 Å². The molecule has 1 aromatic carbocycles. The van der Waals surface area contributed by atoms with Gasteiger partial charge in [-0.3, -0.25) is 34.3 Å². The molecule has 1 aromatic heterocycles. The van der Waals surface area contributed by atoms with Crippen molar-refractivity contribution in [2.75, 3.05) is 35.2 Å². The SMILES string of the molecule is CCOC(=O)C1CCCN(c2nc3c(c(=O)[nH]2)C(C(=O)Nc2ccccc2[N+](=O)[O-])CC(=O)N3)C1. The summed E-state index contributed by atoms with van der Waals surface area (Å²) in [5.74, 6) is -3.04. The number of para-hydroxylation sites is 2. The molecule has 0 aliphatic carbocycles. The molecule has 0 radical (unpaired) electrons. The smallest absolute Gasteiger partial charge is 0.310 e. The summed E-state index contributed by atoms with van der Waals surface area (Å²) in [6.07, 6.45) is 1.00. The summed E-state index contributed by atoms with van der Waals surface area (Å²) in [5.41, 5.74) is -1.02. The lowest BCUT2D eigenvalue weighted by atomic mass is 9.92. The van der Waals surface area contributed by atoms with E-state index in [2.05, 4.69) is 20.6 Å². The minimum absolute atomic E-state index is 0.0385. The number of H-pyrrole nitrogens is 1. The second kappa shape index (κ2) is 9.91. The first-order valence-electron chi connectivity index (χ1n) is 11.2. The Morgan fingerprint density at radius 2 is 2.09 bits per heavy atom. The van der Waals surface area contributed by atoms with Gasteiger partial charge in [-0.05, 0) is 25.8 Å². The van der Waals surface area contributed by atoms with Gasteiger partial charge in [-0.15, -0.1) is 0 Å². The summed E-state index contributed by atoms with van der Waals surface area (Å²) in [6, 6.07) is 5.58. The number of nitrogens with one attached hydrogen (secondary N) is 3. The molecule has 0 saturated carbocycles. The van der Waals surface area contributed by atoms with Crippen LogP contribution < -0.4 is 21.1 Å². The first-order valence-corrected chi connectivity index (χ1v) is 11.2. The molecule has 2 amide bonds. The average molecular weight is 484 g/mol. The number of anilines is 3. The fourth-order valence-corrected chi connectivity index (χ4v) is 4.31. The summed E-state index contributed by atoms with van der Waals surface area (Å²) in [6.45, 7) is 2.82. The molecule has 13 heteroatoms. The minimum atomic E-state index is -1.20. The molecule has 2 aromatic rings. The molecule has 1 fully saturated rings. The highest BCUT2D eigenvalue weighted by Gasteiger charge is 2.36. The topological polar surface area (TPSA) is 177 Å². The lowest BCUT2D eigenvalue weighted by Gasteiger charge is -2.32. The zero-order chi connectivity index (χ0) is 25.1. The van der Waals surface area contributed by atoms with E-state index in [9.17, 15) is 29.3 Å². The average Bonchev–Trinajstić information content (AvgIpc) is 2.83. The number of benzene rings is 1. The van der Waals surface area contributed by atoms with E-state index in [1.807, 2.05) is 0 Å². The summed E-state index contributed by atoms with van der Waals surface area (Å²) < 4.78 is 5.10. The Labute approximate surface area is 199 Å². The van der Waals surface area contributed by atoms with Crippen LogP contribution in [0.3, 0.4) is 0 Å². The van der Waals surface area contributed by atoms with E-state index in [0.29, 0.717) is 19.4 Å². The molecular weight excluding hydrogens is 460 g/mol. The predicted octanol–water partition coefficient (Wildman–Crippen LogP) is 1.52. The number of nitrogens with zero attached hydrogens (tertiary/aromatic N) is 3. The first kappa shape index (κ1) is 23.9. The highest BCUT2D eigenvalue weighted by molar-refractivity contribution is 6.05. The van der Waals surface area contributed by atoms with Crippen molar-refractivity contribution in [3.05, 3.63) is 50.3 Å². The van der Waals surface area contributed by atoms with Gasteiger partial charge in [0.25, 0.3) is 11.2 Å². The van der Waals surface area contributed by atoms with Gasteiger partial charge in [0.1, 0.15) is 11.5 Å². The third-order valence-electron chi connectivity index (χ3n) is 5.95. The van der Waals surface area contributed by atoms with Crippen molar-refractivity contribution >= 4 is 40.9 Å². The Hall–Kier alpha value is -4.29. The van der Waals surface area contributed by atoms with Crippen molar-refractivity contribution in [2.24, 2.45) is 5.92 Å². The molecule has 0 bridgehead atoms. The third kappa shape index (κ3) is 4.98. The molecule has 3 heterocycles. The van der Waals surface area contributed by atoms with Crippen LogP contribution in [0.5, 0.6) is 0 Å². The van der Waals surface area contributed by atoms with E-state index in [-0.39, 0.29) is 60.2 Å². The molecule has 2 atom stereocenters. The van der Waals surface area contributed by atoms with Gasteiger partial charge in [-0.2, -0.15) is 4.98 Å². The summed E-state index contributed by atoms with van der Waals surface area (Å²) in [7, 11) is 0. The molecule has 2 aliphatic rings. The number of nitro benzene ring substituents is 1. The Morgan fingerprint density at radius 3 is 2.83 bits per heavy atom. The molecule has 13 nitrogen and oxygen atoms in total. The maximum atomic E-state index is 13.0. The first-order chi connectivity index (χ1) is 16.8. The van der Waals surface area contributed by atoms with Crippen molar-refractivity contribution in [3.8, 4) is 0 Å². The third-order valence-corrected chi connectivity index (χ3v) is 5.95. The standard InChI is InChI=1S/C22H24N6O7/c1-2-35-21(32)12-6-5-9-27(11-12)22-25-18-17(20(31)26-22)13(10-16(29)24-18)19(30)23-14-7-3-4-8-15(14)28(33)34/h3-4,7-8,12-13H,2,5-6,9-11H2,1H3,(H,23,30)(H2,24,25,26,29,31). The number of rotatable bonds is 6. The maximum absolute atomic E-state index is 13.0. The van der Waals surface area contributed by atoms with Gasteiger partial charge < -0.3 is 20.3 Å². The van der Waals surface area contributed by atoms with Crippen LogP contribution in [0.25, 0.3) is 0 Å². The molecule has 3 N–H and O–H groups in total. The number of ether oxygens (including phenoxy) is 1. The molecule has 184 valence electrons. The van der Waals surface area contributed by atoms with Crippen LogP contribution in [-0.4, -0.2) is 52.4 Å². The maximum Gasteiger partial charge on any atom is 0.310 e. The summed E-state index contributed by atoms with van der Waals surface area (Å²) in [5, 5.41) is 16.3. The van der Waals surface area contributed by atoms with Crippen LogP contribution in [0.4, 0.5) is 23.1 Å². The molecular formula is C22H24N6O7. The van der Waals surface area contributed by atoms with Crippen LogP contribution in [0.1, 0.15) is 37.7 Å². The van der Waals surface area contributed by atoms with E-state index in [0.717, 1.165) is 0 Å². The number of aromatic amines is 1. The fourth-order valence-electron chi connectivity index (χ4n) is 4.31. The van der Waals surface area contributed by atoms with Crippen LogP contribution in [0, 0.1) is 16.0 Å². The summed E-state index contributed by atoms with van der Waals surface area (Å²) in [4.78, 5) is 70.0. The fraction of sp³-hybridized carbons (Fsp3) is 0.409. The van der Waals surface area contributed by atoms with Gasteiger partial charge >= 0.3 is 5.97 Å². The quantitative estimate of drug-likeness (QED) is 0.312. The van der Waals surface area contributed by atoms with Gasteiger partial charge in [0.05, 0.1) is 28.9 Å². The predicted molar refractivity (Wildman–Crippen MR) is 124 cm³/mol. The number of hydrogen-bond acceptors (Lipinski definition) is 9. The number of piperidine rings is 1. The van der Waals surface area contributed by atoms with Gasteiger partial charge in [-0.1, -0.05) is 12.1 Å². The van der Waals surface area contributed by atoms with E-state index in [4.69, 9.17) is 4.74 Å². The van der Waals surface area contributed by atoms with Crippen molar-refractivity contribution < 1.29 is 24.0 Å². The number of hydrogen-bond donors (Lipinski definition) is 3. The monoisotopic (exact) mass is 484 g/mol. The molecule has 0 spiro atoms. The Kier molecular flexibility index (Phi) is 6.75. The second-order valence-corrected chi connectivity index (χ2v) is 8.26. The zero-order valence-electron chi connectivity index (χ0n) is 18.9. The molecule has 2 aliphatic heterocycles. The Bertz CT molecular complexity index is 1240. The molecule has 4 rings (SSSR count). The van der Waals surface area contributed by atoms with Crippen LogP contribution >= 0.6 is 0 Å². The second-order valence-electron chi connectivity index (χ2n) is 8.26. The Balaban J connectivity index is 1.61. The number of aromatic nitrogens is 2. The van der Waals surface area contributed by atoms with Gasteiger partial charge in [0.2, 0.25) is 17.8 Å². The van der Waals surface area contributed by atoms with Crippen molar-refractivity contribution in [1.82, 2.24) is 9.97 Å². The van der Waals surface area contributed by atoms with E-state index in [1.165, 1.54) is 24.3 Å². The van der Waals surface area contributed by atoms with Crippen LogP contribution in [0.15, 0.2) is 29.1 Å². The normalized spacial score (nSPS) is 19.3. The highest BCUT2D eigenvalue weighted by Crippen LogP contribution is 2.32. The van der Waals surface area contributed by atoms with E-state index in [1.54, 1.807) is 11.8 Å². The zero-order valence-corrected chi connectivity index (χ0v) is 18.9. The van der Waals surface area contributed by atoms with Crippen molar-refractivity contribution in [1.29, 1.82) is 0 Å². The lowest BCUT2D eigenvalue weighted by molar-refractivity contribution is -0.383. The molecule has 2 unspecified atom stereocenters. The van der Waals surface area contributed by atoms with E-state index < -0.39 is 28.2 Å². The number of fused-ring (bicyclic) bond motifs is 1. The summed E-state index contributed by atoms with van der Waals surface area (Å²) >= 11 is 0. The Morgan fingerprint density at radius 1 is 1.31 bits per heavy atom. The largest absolute Gasteiger partial charge is 0.466 e. The minimum Gasteiger partial charge on any atom is -0.466 e. The van der Waals surface area contributed by atoms with Crippen molar-refractivity contribution in [3.63, 3.8) is 0 Å². The highest BCUT2D eigenvalue weighted by atomic mass is 16.6. The van der Waals surface area contributed by atoms with Gasteiger partial charge in [-0.25, -0.2) is 0 Å². The van der Waals surface area contributed by atoms with Crippen LogP contribution in [0.2, 0.25) is 0 Å². The van der Waals surface area contributed by atoms with Gasteiger partial charge in [0, 0.05) is 25.6 Å². The number of carbonyl (C=O) groups is 3. The molecule has 35 heavy (non-hydrogen) atoms.